The summed E-state index contributed by atoms with van der Waals surface area (Å²) >= 11 is 1.43. The van der Waals surface area contributed by atoms with E-state index in [1.807, 2.05) is 0 Å². The van der Waals surface area contributed by atoms with Crippen LogP contribution in [0.3, 0.4) is 0 Å². The molecule has 0 spiro atoms. The number of methoxy groups -OCH3 is 1. The van der Waals surface area contributed by atoms with E-state index in [0.717, 1.165) is 4.88 Å². The zero-order valence-electron chi connectivity index (χ0n) is 9.43. The standard InChI is InChI=1S/C10H16N2O3S/c1-3-15-10(13)9(12-4-5-14-2)8-6-11-7-16-8/h6-7,9,12H,3-5H2,1-2H3. The van der Waals surface area contributed by atoms with Crippen molar-refractivity contribution >= 4 is 17.3 Å². The molecule has 0 bridgehead atoms. The maximum Gasteiger partial charge on any atom is 0.328 e. The first-order valence-electron chi connectivity index (χ1n) is 5.07. The quantitative estimate of drug-likeness (QED) is 0.572. The molecule has 1 N–H and O–H groups in total. The molecule has 1 unspecified atom stereocenters. The summed E-state index contributed by atoms with van der Waals surface area (Å²) in [6, 6.07) is -0.442. The second-order valence-corrected chi connectivity index (χ2v) is 3.95. The van der Waals surface area contributed by atoms with E-state index in [0.29, 0.717) is 19.8 Å². The number of carbonyl (C=O) groups excluding carboxylic acids is 1. The summed E-state index contributed by atoms with van der Waals surface area (Å²) in [6.45, 7) is 3.31. The Bertz CT molecular complexity index is 303. The van der Waals surface area contributed by atoms with Crippen molar-refractivity contribution in [3.05, 3.63) is 16.6 Å². The second-order valence-electron chi connectivity index (χ2n) is 3.04. The second kappa shape index (κ2) is 7.32. The molecule has 1 aromatic rings. The highest BCUT2D eigenvalue weighted by atomic mass is 32.1. The van der Waals surface area contributed by atoms with Crippen LogP contribution in [-0.2, 0) is 14.3 Å². The van der Waals surface area contributed by atoms with Crippen molar-refractivity contribution in [3.63, 3.8) is 0 Å². The van der Waals surface area contributed by atoms with Gasteiger partial charge in [0.2, 0.25) is 0 Å². The number of ether oxygens (including phenoxy) is 2. The highest BCUT2D eigenvalue weighted by Gasteiger charge is 2.22. The molecule has 1 aromatic heterocycles. The van der Waals surface area contributed by atoms with Crippen LogP contribution in [0.2, 0.25) is 0 Å². The zero-order chi connectivity index (χ0) is 11.8. The molecule has 0 saturated carbocycles. The summed E-state index contributed by atoms with van der Waals surface area (Å²) in [5, 5.41) is 3.08. The molecular formula is C10H16N2O3S. The summed E-state index contributed by atoms with van der Waals surface area (Å²) in [5.41, 5.74) is 1.69. The van der Waals surface area contributed by atoms with Crippen molar-refractivity contribution in [2.45, 2.75) is 13.0 Å². The Morgan fingerprint density at radius 3 is 3.06 bits per heavy atom. The van der Waals surface area contributed by atoms with Crippen molar-refractivity contribution < 1.29 is 14.3 Å². The summed E-state index contributed by atoms with van der Waals surface area (Å²) < 4.78 is 9.92. The third kappa shape index (κ3) is 3.88. The van der Waals surface area contributed by atoms with Crippen LogP contribution in [0, 0.1) is 0 Å². The monoisotopic (exact) mass is 244 g/mol. The van der Waals surface area contributed by atoms with Gasteiger partial charge in [-0.3, -0.25) is 10.3 Å². The fourth-order valence-corrected chi connectivity index (χ4v) is 1.88. The van der Waals surface area contributed by atoms with Gasteiger partial charge in [-0.05, 0) is 6.92 Å². The van der Waals surface area contributed by atoms with E-state index >= 15 is 0 Å². The van der Waals surface area contributed by atoms with Gasteiger partial charge in [0, 0.05) is 19.9 Å². The van der Waals surface area contributed by atoms with Gasteiger partial charge in [-0.2, -0.15) is 0 Å². The summed E-state index contributed by atoms with van der Waals surface area (Å²) in [4.78, 5) is 16.5. The van der Waals surface area contributed by atoms with Gasteiger partial charge in [0.05, 0.1) is 23.6 Å². The predicted molar refractivity (Wildman–Crippen MR) is 61.4 cm³/mol. The first-order chi connectivity index (χ1) is 7.79. The van der Waals surface area contributed by atoms with E-state index in [-0.39, 0.29) is 5.97 Å². The molecule has 90 valence electrons. The Hall–Kier alpha value is -0.980. The Morgan fingerprint density at radius 2 is 2.50 bits per heavy atom. The van der Waals surface area contributed by atoms with Gasteiger partial charge in [-0.1, -0.05) is 0 Å². The number of hydrogen-bond acceptors (Lipinski definition) is 6. The van der Waals surface area contributed by atoms with Gasteiger partial charge in [-0.15, -0.1) is 11.3 Å². The Balaban J connectivity index is 2.58. The number of nitrogens with one attached hydrogen (secondary N) is 1. The molecule has 1 heterocycles. The zero-order valence-corrected chi connectivity index (χ0v) is 10.3. The molecule has 0 saturated heterocycles. The van der Waals surface area contributed by atoms with Crippen LogP contribution in [0.25, 0.3) is 0 Å². The molecule has 0 aromatic carbocycles. The molecule has 5 nitrogen and oxygen atoms in total. The third-order valence-electron chi connectivity index (χ3n) is 1.91. The molecular weight excluding hydrogens is 228 g/mol. The number of aromatic nitrogens is 1. The number of nitrogens with zero attached hydrogens (tertiary/aromatic N) is 1. The number of esters is 1. The summed E-state index contributed by atoms with van der Waals surface area (Å²) in [5.74, 6) is -0.275. The Morgan fingerprint density at radius 1 is 1.69 bits per heavy atom. The molecule has 0 aliphatic heterocycles. The van der Waals surface area contributed by atoms with Crippen molar-refractivity contribution in [2.75, 3.05) is 26.9 Å². The van der Waals surface area contributed by atoms with Crippen molar-refractivity contribution in [3.8, 4) is 0 Å². The molecule has 0 radical (unpaired) electrons. The SMILES string of the molecule is CCOC(=O)C(NCCOC)c1cncs1. The smallest absolute Gasteiger partial charge is 0.328 e. The van der Waals surface area contributed by atoms with Gasteiger partial charge < -0.3 is 9.47 Å². The maximum atomic E-state index is 11.7. The van der Waals surface area contributed by atoms with E-state index in [4.69, 9.17) is 9.47 Å². The van der Waals surface area contributed by atoms with Crippen LogP contribution in [0.15, 0.2) is 11.7 Å². The van der Waals surface area contributed by atoms with Crippen LogP contribution < -0.4 is 5.32 Å². The molecule has 0 aliphatic rings. The van der Waals surface area contributed by atoms with Crippen LogP contribution >= 0.6 is 11.3 Å². The largest absolute Gasteiger partial charge is 0.465 e. The molecule has 0 fully saturated rings. The lowest BCUT2D eigenvalue weighted by Crippen LogP contribution is -2.31. The topological polar surface area (TPSA) is 60.5 Å². The fraction of sp³-hybridized carbons (Fsp3) is 0.600. The number of hydrogen-bond donors (Lipinski definition) is 1. The maximum absolute atomic E-state index is 11.7. The van der Waals surface area contributed by atoms with Gasteiger partial charge in [-0.25, -0.2) is 4.79 Å². The van der Waals surface area contributed by atoms with Crippen molar-refractivity contribution in [2.24, 2.45) is 0 Å². The van der Waals surface area contributed by atoms with Gasteiger partial charge in [0.1, 0.15) is 6.04 Å². The Kier molecular flexibility index (Phi) is 5.99. The van der Waals surface area contributed by atoms with Gasteiger partial charge in [0.25, 0.3) is 0 Å². The average molecular weight is 244 g/mol. The normalized spacial score (nSPS) is 12.4. The Labute approximate surface area is 98.8 Å². The number of rotatable bonds is 7. The van der Waals surface area contributed by atoms with Gasteiger partial charge >= 0.3 is 5.97 Å². The molecule has 0 aliphatic carbocycles. The van der Waals surface area contributed by atoms with E-state index < -0.39 is 6.04 Å². The van der Waals surface area contributed by atoms with E-state index in [1.165, 1.54) is 11.3 Å². The van der Waals surface area contributed by atoms with E-state index in [1.54, 1.807) is 25.7 Å². The summed E-state index contributed by atoms with van der Waals surface area (Å²) in [6.07, 6.45) is 1.67. The van der Waals surface area contributed by atoms with Crippen LogP contribution in [0.4, 0.5) is 0 Å². The highest BCUT2D eigenvalue weighted by Crippen LogP contribution is 2.18. The minimum Gasteiger partial charge on any atom is -0.465 e. The first kappa shape index (κ1) is 13.1. The van der Waals surface area contributed by atoms with E-state index in [2.05, 4.69) is 10.3 Å². The minimum atomic E-state index is -0.442. The van der Waals surface area contributed by atoms with E-state index in [9.17, 15) is 4.79 Å². The molecule has 0 amide bonds. The minimum absolute atomic E-state index is 0.275. The van der Waals surface area contributed by atoms with Crippen LogP contribution in [0.5, 0.6) is 0 Å². The van der Waals surface area contributed by atoms with Crippen LogP contribution in [0.1, 0.15) is 17.8 Å². The summed E-state index contributed by atoms with van der Waals surface area (Å²) in [7, 11) is 1.62. The van der Waals surface area contributed by atoms with Crippen LogP contribution in [-0.4, -0.2) is 37.8 Å². The fourth-order valence-electron chi connectivity index (χ4n) is 1.20. The molecule has 1 atom stereocenters. The first-order valence-corrected chi connectivity index (χ1v) is 5.95. The molecule has 6 heteroatoms. The number of carbonyl (C=O) groups is 1. The third-order valence-corrected chi connectivity index (χ3v) is 2.75. The molecule has 1 rings (SSSR count). The molecule has 16 heavy (non-hydrogen) atoms. The van der Waals surface area contributed by atoms with Crippen molar-refractivity contribution in [1.29, 1.82) is 0 Å². The lowest BCUT2D eigenvalue weighted by Gasteiger charge is -2.15. The lowest BCUT2D eigenvalue weighted by molar-refractivity contribution is -0.145. The predicted octanol–water partition coefficient (Wildman–Crippen LogP) is 0.983. The number of thiazole rings is 1. The highest BCUT2D eigenvalue weighted by molar-refractivity contribution is 7.09. The van der Waals surface area contributed by atoms with Gasteiger partial charge in [0.15, 0.2) is 0 Å². The average Bonchev–Trinajstić information content (AvgIpc) is 2.78. The van der Waals surface area contributed by atoms with Crippen molar-refractivity contribution in [1.82, 2.24) is 10.3 Å². The lowest BCUT2D eigenvalue weighted by atomic mass is 10.2.